The van der Waals surface area contributed by atoms with Gasteiger partial charge in [0.15, 0.2) is 5.75 Å². The van der Waals surface area contributed by atoms with Gasteiger partial charge < -0.3 is 19.9 Å². The average Bonchev–Trinajstić information content (AvgIpc) is 2.43. The molecule has 7 nitrogen and oxygen atoms in total. The molecule has 0 heterocycles. The molecule has 0 aliphatic carbocycles. The topological polar surface area (TPSA) is 93.9 Å². The molecule has 0 aliphatic rings. The van der Waals surface area contributed by atoms with Crippen LogP contribution in [0.15, 0.2) is 18.2 Å². The maximum atomic E-state index is 10.9. The summed E-state index contributed by atoms with van der Waals surface area (Å²) >= 11 is 0. The lowest BCUT2D eigenvalue weighted by Crippen LogP contribution is -2.24. The molecule has 0 saturated heterocycles. The Balaban J connectivity index is 2.75. The Morgan fingerprint density at radius 3 is 2.85 bits per heavy atom. The van der Waals surface area contributed by atoms with Crippen molar-refractivity contribution in [2.24, 2.45) is 0 Å². The molecule has 0 fully saturated rings. The Bertz CT molecular complexity index is 439. The molecular weight excluding hydrogens is 264 g/mol. The van der Waals surface area contributed by atoms with Gasteiger partial charge in [0, 0.05) is 31.5 Å². The first-order chi connectivity index (χ1) is 9.58. The van der Waals surface area contributed by atoms with Gasteiger partial charge >= 0.3 is 5.69 Å². The second kappa shape index (κ2) is 8.34. The van der Waals surface area contributed by atoms with E-state index < -0.39 is 11.0 Å². The molecule has 1 atom stereocenters. The van der Waals surface area contributed by atoms with Crippen LogP contribution in [0.4, 0.5) is 11.4 Å². The summed E-state index contributed by atoms with van der Waals surface area (Å²) in [5.74, 6) is 0.225. The molecule has 0 aliphatic heterocycles. The predicted octanol–water partition coefficient (Wildman–Crippen LogP) is 1.80. The lowest BCUT2D eigenvalue weighted by Gasteiger charge is -2.13. The van der Waals surface area contributed by atoms with E-state index in [2.05, 4.69) is 5.32 Å². The number of anilines is 1. The minimum absolute atomic E-state index is 0.0681. The van der Waals surface area contributed by atoms with Crippen LogP contribution in [0.1, 0.15) is 13.3 Å². The van der Waals surface area contributed by atoms with Crippen molar-refractivity contribution in [3.05, 3.63) is 28.3 Å². The summed E-state index contributed by atoms with van der Waals surface area (Å²) in [7, 11) is 1.51. The van der Waals surface area contributed by atoms with Crippen molar-refractivity contribution in [1.82, 2.24) is 0 Å². The number of nitrogens with one attached hydrogen (secondary N) is 1. The number of aliphatic hydroxyl groups is 1. The number of nitro groups is 1. The van der Waals surface area contributed by atoms with Gasteiger partial charge in [0.05, 0.1) is 24.2 Å². The highest BCUT2D eigenvalue weighted by atomic mass is 16.6. The molecule has 0 spiro atoms. The van der Waals surface area contributed by atoms with Crippen molar-refractivity contribution in [3.63, 3.8) is 0 Å². The van der Waals surface area contributed by atoms with E-state index in [1.165, 1.54) is 13.2 Å². The van der Waals surface area contributed by atoms with E-state index in [9.17, 15) is 15.2 Å². The quantitative estimate of drug-likeness (QED) is 0.530. The Hall–Kier alpha value is -1.86. The van der Waals surface area contributed by atoms with E-state index in [0.717, 1.165) is 6.42 Å². The SMILES string of the molecule is CCCOc1cc(NCC(O)COC)ccc1[N+](=O)[O-]. The van der Waals surface area contributed by atoms with Gasteiger partial charge in [0.2, 0.25) is 0 Å². The van der Waals surface area contributed by atoms with Gasteiger partial charge in [-0.15, -0.1) is 0 Å². The fraction of sp³-hybridized carbons (Fsp3) is 0.538. The Morgan fingerprint density at radius 1 is 1.50 bits per heavy atom. The molecular formula is C13H20N2O5. The van der Waals surface area contributed by atoms with Crippen molar-refractivity contribution in [1.29, 1.82) is 0 Å². The zero-order valence-electron chi connectivity index (χ0n) is 11.7. The molecule has 112 valence electrons. The van der Waals surface area contributed by atoms with Crippen LogP contribution in [0.5, 0.6) is 5.75 Å². The molecule has 7 heteroatoms. The van der Waals surface area contributed by atoms with E-state index >= 15 is 0 Å². The fourth-order valence-electron chi connectivity index (χ4n) is 1.59. The molecule has 0 radical (unpaired) electrons. The smallest absolute Gasteiger partial charge is 0.311 e. The highest BCUT2D eigenvalue weighted by Gasteiger charge is 2.15. The second-order valence-corrected chi connectivity index (χ2v) is 4.28. The number of hydrogen-bond acceptors (Lipinski definition) is 6. The molecule has 0 bridgehead atoms. The number of benzene rings is 1. The lowest BCUT2D eigenvalue weighted by molar-refractivity contribution is -0.385. The zero-order chi connectivity index (χ0) is 15.0. The van der Waals surface area contributed by atoms with Crippen LogP contribution in [0.3, 0.4) is 0 Å². The summed E-state index contributed by atoms with van der Waals surface area (Å²) in [6.45, 7) is 2.85. The maximum Gasteiger partial charge on any atom is 0.311 e. The van der Waals surface area contributed by atoms with Crippen LogP contribution in [0, 0.1) is 10.1 Å². The number of methoxy groups -OCH3 is 1. The van der Waals surface area contributed by atoms with Gasteiger partial charge in [-0.2, -0.15) is 0 Å². The third-order valence-corrected chi connectivity index (χ3v) is 2.52. The van der Waals surface area contributed by atoms with Crippen molar-refractivity contribution < 1.29 is 19.5 Å². The van der Waals surface area contributed by atoms with Gasteiger partial charge in [-0.3, -0.25) is 10.1 Å². The lowest BCUT2D eigenvalue weighted by atomic mass is 10.2. The van der Waals surface area contributed by atoms with Gasteiger partial charge in [-0.25, -0.2) is 0 Å². The first kappa shape index (κ1) is 16.2. The molecule has 2 N–H and O–H groups in total. The van der Waals surface area contributed by atoms with E-state index in [0.29, 0.717) is 18.8 Å². The highest BCUT2D eigenvalue weighted by molar-refractivity contribution is 5.58. The van der Waals surface area contributed by atoms with Crippen LogP contribution in [0.2, 0.25) is 0 Å². The summed E-state index contributed by atoms with van der Waals surface area (Å²) in [4.78, 5) is 10.4. The first-order valence-electron chi connectivity index (χ1n) is 6.40. The normalized spacial score (nSPS) is 11.9. The van der Waals surface area contributed by atoms with Crippen molar-refractivity contribution >= 4 is 11.4 Å². The monoisotopic (exact) mass is 284 g/mol. The van der Waals surface area contributed by atoms with Crippen molar-refractivity contribution in [3.8, 4) is 5.75 Å². The molecule has 1 aromatic rings. The summed E-state index contributed by atoms with van der Waals surface area (Å²) < 4.78 is 10.2. The molecule has 0 saturated carbocycles. The maximum absolute atomic E-state index is 10.9. The summed E-state index contributed by atoms with van der Waals surface area (Å²) in [5.41, 5.74) is 0.582. The summed E-state index contributed by atoms with van der Waals surface area (Å²) in [6.07, 6.45) is 0.122. The van der Waals surface area contributed by atoms with E-state index in [1.54, 1.807) is 12.1 Å². The average molecular weight is 284 g/mol. The third-order valence-electron chi connectivity index (χ3n) is 2.52. The number of nitrogens with zero attached hydrogens (tertiary/aromatic N) is 1. The van der Waals surface area contributed by atoms with Crippen LogP contribution in [-0.2, 0) is 4.74 Å². The summed E-state index contributed by atoms with van der Waals surface area (Å²) in [6, 6.07) is 4.53. The van der Waals surface area contributed by atoms with Crippen molar-refractivity contribution in [2.45, 2.75) is 19.4 Å². The predicted molar refractivity (Wildman–Crippen MR) is 75.3 cm³/mol. The van der Waals surface area contributed by atoms with E-state index in [4.69, 9.17) is 9.47 Å². The number of hydrogen-bond donors (Lipinski definition) is 2. The summed E-state index contributed by atoms with van der Waals surface area (Å²) in [5, 5.41) is 23.4. The van der Waals surface area contributed by atoms with E-state index in [-0.39, 0.29) is 18.0 Å². The highest BCUT2D eigenvalue weighted by Crippen LogP contribution is 2.30. The molecule has 1 rings (SSSR count). The Labute approximate surface area is 117 Å². The number of ether oxygens (including phenoxy) is 2. The molecule has 0 aromatic heterocycles. The Kier molecular flexibility index (Phi) is 6.75. The zero-order valence-corrected chi connectivity index (χ0v) is 11.7. The third kappa shape index (κ3) is 5.02. The molecule has 1 aromatic carbocycles. The van der Waals surface area contributed by atoms with Gasteiger partial charge in [0.1, 0.15) is 0 Å². The van der Waals surface area contributed by atoms with Crippen LogP contribution in [-0.4, -0.2) is 43.0 Å². The Morgan fingerprint density at radius 2 is 2.25 bits per heavy atom. The second-order valence-electron chi connectivity index (χ2n) is 4.28. The fourth-order valence-corrected chi connectivity index (χ4v) is 1.59. The molecule has 20 heavy (non-hydrogen) atoms. The number of rotatable bonds is 9. The van der Waals surface area contributed by atoms with Gasteiger partial charge in [-0.05, 0) is 12.5 Å². The minimum atomic E-state index is -0.643. The standard InChI is InChI=1S/C13H20N2O5/c1-3-6-20-13-7-10(4-5-12(13)15(17)18)14-8-11(16)9-19-2/h4-5,7,11,14,16H,3,6,8-9H2,1-2H3. The van der Waals surface area contributed by atoms with E-state index in [1.807, 2.05) is 6.92 Å². The van der Waals surface area contributed by atoms with Gasteiger partial charge in [-0.1, -0.05) is 6.92 Å². The first-order valence-corrected chi connectivity index (χ1v) is 6.40. The molecule has 0 amide bonds. The van der Waals surface area contributed by atoms with Crippen LogP contribution in [0.25, 0.3) is 0 Å². The van der Waals surface area contributed by atoms with Crippen LogP contribution < -0.4 is 10.1 Å². The van der Waals surface area contributed by atoms with Crippen molar-refractivity contribution in [2.75, 3.05) is 32.2 Å². The minimum Gasteiger partial charge on any atom is -0.487 e. The largest absolute Gasteiger partial charge is 0.487 e. The van der Waals surface area contributed by atoms with Gasteiger partial charge in [0.25, 0.3) is 0 Å². The number of aliphatic hydroxyl groups excluding tert-OH is 1. The molecule has 1 unspecified atom stereocenters. The number of nitro benzene ring substituents is 1. The van der Waals surface area contributed by atoms with Crippen LogP contribution >= 0.6 is 0 Å².